The van der Waals surface area contributed by atoms with Crippen molar-refractivity contribution in [3.05, 3.63) is 29.6 Å². The van der Waals surface area contributed by atoms with Gasteiger partial charge in [-0.05, 0) is 39.3 Å². The van der Waals surface area contributed by atoms with Gasteiger partial charge in [-0.2, -0.15) is 9.36 Å². The molecule has 0 saturated carbocycles. The number of hydrogen-bond donors (Lipinski definition) is 1. The van der Waals surface area contributed by atoms with E-state index in [0.717, 1.165) is 5.13 Å². The van der Waals surface area contributed by atoms with Gasteiger partial charge in [0.15, 0.2) is 5.82 Å². The number of hydrogen-bond acceptors (Lipinski definition) is 4. The van der Waals surface area contributed by atoms with E-state index in [-0.39, 0.29) is 11.4 Å². The summed E-state index contributed by atoms with van der Waals surface area (Å²) in [5.41, 5.74) is 1.27. The Morgan fingerprint density at radius 1 is 1.28 bits per heavy atom. The molecule has 0 aliphatic rings. The van der Waals surface area contributed by atoms with Gasteiger partial charge in [0.2, 0.25) is 5.13 Å². The second kappa shape index (κ2) is 4.65. The quantitative estimate of drug-likeness (QED) is 0.896. The minimum absolute atomic E-state index is 0.0602. The standard InChI is InChI=1S/C13H16FN3S/c1-8-5-6-9(7-10(8)14)11-15-12(18-17-11)16-13(2,3)4/h5-7H,1-4H3,(H,15,16,17). The number of anilines is 1. The number of nitrogens with one attached hydrogen (secondary N) is 1. The average Bonchev–Trinajstić information content (AvgIpc) is 2.68. The zero-order valence-electron chi connectivity index (χ0n) is 10.9. The van der Waals surface area contributed by atoms with Crippen molar-refractivity contribution in [3.8, 4) is 11.4 Å². The molecule has 0 fully saturated rings. The van der Waals surface area contributed by atoms with Crippen molar-refractivity contribution in [3.63, 3.8) is 0 Å². The van der Waals surface area contributed by atoms with Gasteiger partial charge in [0.05, 0.1) is 0 Å². The minimum atomic E-state index is -0.229. The van der Waals surface area contributed by atoms with Crippen molar-refractivity contribution in [2.24, 2.45) is 0 Å². The molecule has 1 aromatic heterocycles. The first-order valence-corrected chi connectivity index (χ1v) is 6.51. The van der Waals surface area contributed by atoms with Crippen LogP contribution in [-0.4, -0.2) is 14.9 Å². The lowest BCUT2D eigenvalue weighted by Gasteiger charge is -2.18. The van der Waals surface area contributed by atoms with Crippen LogP contribution in [0.25, 0.3) is 11.4 Å². The third-order valence-corrected chi connectivity index (χ3v) is 2.97. The maximum Gasteiger partial charge on any atom is 0.203 e. The summed E-state index contributed by atoms with van der Waals surface area (Å²) in [4.78, 5) is 4.37. The lowest BCUT2D eigenvalue weighted by atomic mass is 10.1. The first-order valence-electron chi connectivity index (χ1n) is 5.73. The number of aromatic nitrogens is 2. The van der Waals surface area contributed by atoms with E-state index < -0.39 is 0 Å². The Bertz CT molecular complexity index is 558. The topological polar surface area (TPSA) is 37.8 Å². The van der Waals surface area contributed by atoms with Crippen molar-refractivity contribution in [1.82, 2.24) is 9.36 Å². The van der Waals surface area contributed by atoms with Gasteiger partial charge in [-0.3, -0.25) is 0 Å². The number of rotatable bonds is 2. The fourth-order valence-electron chi connectivity index (χ4n) is 1.44. The molecular weight excluding hydrogens is 249 g/mol. The van der Waals surface area contributed by atoms with Crippen LogP contribution in [0.15, 0.2) is 18.2 Å². The second-order valence-corrected chi connectivity index (χ2v) is 6.01. The highest BCUT2D eigenvalue weighted by atomic mass is 32.1. The van der Waals surface area contributed by atoms with Crippen LogP contribution >= 0.6 is 11.5 Å². The highest BCUT2D eigenvalue weighted by molar-refractivity contribution is 7.09. The van der Waals surface area contributed by atoms with Gasteiger partial charge in [0.25, 0.3) is 0 Å². The van der Waals surface area contributed by atoms with E-state index in [4.69, 9.17) is 0 Å². The molecule has 0 bridgehead atoms. The van der Waals surface area contributed by atoms with Gasteiger partial charge in [0.1, 0.15) is 5.82 Å². The zero-order valence-corrected chi connectivity index (χ0v) is 11.7. The monoisotopic (exact) mass is 265 g/mol. The van der Waals surface area contributed by atoms with Crippen LogP contribution in [0, 0.1) is 12.7 Å². The first-order chi connectivity index (χ1) is 8.35. The van der Waals surface area contributed by atoms with Gasteiger partial charge in [-0.25, -0.2) is 4.39 Å². The smallest absolute Gasteiger partial charge is 0.203 e. The molecule has 18 heavy (non-hydrogen) atoms. The van der Waals surface area contributed by atoms with Gasteiger partial charge in [-0.1, -0.05) is 12.1 Å². The normalized spacial score (nSPS) is 11.6. The van der Waals surface area contributed by atoms with Crippen LogP contribution in [0.2, 0.25) is 0 Å². The van der Waals surface area contributed by atoms with Gasteiger partial charge in [0, 0.05) is 22.6 Å². The van der Waals surface area contributed by atoms with E-state index in [1.165, 1.54) is 17.6 Å². The Morgan fingerprint density at radius 2 is 2.00 bits per heavy atom. The Kier molecular flexibility index (Phi) is 3.34. The summed E-state index contributed by atoms with van der Waals surface area (Å²) in [6.45, 7) is 7.90. The molecule has 0 spiro atoms. The van der Waals surface area contributed by atoms with Crippen molar-refractivity contribution in [2.75, 3.05) is 5.32 Å². The van der Waals surface area contributed by atoms with E-state index in [1.807, 2.05) is 6.07 Å². The number of aryl methyl sites for hydroxylation is 1. The summed E-state index contributed by atoms with van der Waals surface area (Å²) < 4.78 is 17.7. The molecule has 0 atom stereocenters. The largest absolute Gasteiger partial charge is 0.356 e. The molecule has 0 aliphatic carbocycles. The molecule has 1 heterocycles. The molecule has 0 saturated heterocycles. The molecule has 3 nitrogen and oxygen atoms in total. The Balaban J connectivity index is 2.26. The molecule has 0 radical (unpaired) electrons. The lowest BCUT2D eigenvalue weighted by Crippen LogP contribution is -2.25. The molecule has 0 aliphatic heterocycles. The molecular formula is C13H16FN3S. The average molecular weight is 265 g/mol. The molecule has 2 aromatic rings. The molecule has 5 heteroatoms. The van der Waals surface area contributed by atoms with E-state index in [9.17, 15) is 4.39 Å². The summed E-state index contributed by atoms with van der Waals surface area (Å²) >= 11 is 1.29. The predicted molar refractivity (Wildman–Crippen MR) is 73.4 cm³/mol. The fraction of sp³-hybridized carbons (Fsp3) is 0.385. The van der Waals surface area contributed by atoms with E-state index in [2.05, 4.69) is 35.4 Å². The molecule has 2 rings (SSSR count). The highest BCUT2D eigenvalue weighted by Gasteiger charge is 2.14. The van der Waals surface area contributed by atoms with Crippen LogP contribution in [0.4, 0.5) is 9.52 Å². The van der Waals surface area contributed by atoms with E-state index in [1.54, 1.807) is 13.0 Å². The predicted octanol–water partition coefficient (Wildman–Crippen LogP) is 3.86. The first kappa shape index (κ1) is 13.0. The van der Waals surface area contributed by atoms with Crippen LogP contribution in [0.5, 0.6) is 0 Å². The maximum atomic E-state index is 13.5. The van der Waals surface area contributed by atoms with Gasteiger partial charge in [-0.15, -0.1) is 0 Å². The number of halogens is 1. The second-order valence-electron chi connectivity index (χ2n) is 5.26. The lowest BCUT2D eigenvalue weighted by molar-refractivity contribution is 0.619. The minimum Gasteiger partial charge on any atom is -0.356 e. The third kappa shape index (κ3) is 3.04. The summed E-state index contributed by atoms with van der Waals surface area (Å²) in [5.74, 6) is 0.332. The molecule has 1 aromatic carbocycles. The Morgan fingerprint density at radius 3 is 2.61 bits per heavy atom. The van der Waals surface area contributed by atoms with Crippen molar-refractivity contribution in [2.45, 2.75) is 33.2 Å². The maximum absolute atomic E-state index is 13.5. The van der Waals surface area contributed by atoms with E-state index >= 15 is 0 Å². The van der Waals surface area contributed by atoms with Gasteiger partial charge < -0.3 is 5.32 Å². The van der Waals surface area contributed by atoms with Crippen LogP contribution in [0.1, 0.15) is 26.3 Å². The highest BCUT2D eigenvalue weighted by Crippen LogP contribution is 2.24. The summed E-state index contributed by atoms with van der Waals surface area (Å²) in [5, 5.41) is 4.00. The summed E-state index contributed by atoms with van der Waals surface area (Å²) in [6, 6.07) is 5.04. The molecule has 96 valence electrons. The Labute approximate surface area is 110 Å². The van der Waals surface area contributed by atoms with Crippen LogP contribution < -0.4 is 5.32 Å². The SMILES string of the molecule is Cc1ccc(-c2nsc(NC(C)(C)C)n2)cc1F. The Hall–Kier alpha value is -1.49. The molecule has 0 unspecified atom stereocenters. The fourth-order valence-corrected chi connectivity index (χ4v) is 2.24. The van der Waals surface area contributed by atoms with Crippen molar-refractivity contribution in [1.29, 1.82) is 0 Å². The zero-order chi connectivity index (χ0) is 13.3. The molecule has 0 amide bonds. The third-order valence-electron chi connectivity index (χ3n) is 2.34. The number of nitrogens with zero attached hydrogens (tertiary/aromatic N) is 2. The summed E-state index contributed by atoms with van der Waals surface area (Å²) in [7, 11) is 0. The number of benzene rings is 1. The van der Waals surface area contributed by atoms with E-state index in [0.29, 0.717) is 17.0 Å². The van der Waals surface area contributed by atoms with Crippen molar-refractivity contribution < 1.29 is 4.39 Å². The van der Waals surface area contributed by atoms with Crippen LogP contribution in [-0.2, 0) is 0 Å². The summed E-state index contributed by atoms with van der Waals surface area (Å²) in [6.07, 6.45) is 0. The van der Waals surface area contributed by atoms with Crippen molar-refractivity contribution >= 4 is 16.7 Å². The molecule has 1 N–H and O–H groups in total. The van der Waals surface area contributed by atoms with Crippen LogP contribution in [0.3, 0.4) is 0 Å². The van der Waals surface area contributed by atoms with Gasteiger partial charge >= 0.3 is 0 Å².